The molecule has 0 bridgehead atoms. The van der Waals surface area contributed by atoms with Crippen molar-refractivity contribution in [2.75, 3.05) is 13.2 Å². The number of rotatable bonds is 5. The van der Waals surface area contributed by atoms with Crippen LogP contribution in [0.2, 0.25) is 0 Å². The third kappa shape index (κ3) is 3.10. The van der Waals surface area contributed by atoms with E-state index in [1.54, 1.807) is 6.08 Å². The highest BCUT2D eigenvalue weighted by Gasteiger charge is 2.27. The van der Waals surface area contributed by atoms with E-state index in [0.717, 1.165) is 6.42 Å². The Morgan fingerprint density at radius 1 is 1.26 bits per heavy atom. The van der Waals surface area contributed by atoms with Crippen molar-refractivity contribution in [3.8, 4) is 0 Å². The molecule has 1 aliphatic rings. The Morgan fingerprint density at radius 2 is 1.95 bits per heavy atom. The minimum absolute atomic E-state index is 0.192. The quantitative estimate of drug-likeness (QED) is 0.885. The van der Waals surface area contributed by atoms with Crippen LogP contribution in [0.15, 0.2) is 24.0 Å². The molecule has 19 heavy (non-hydrogen) atoms. The topological polar surface area (TPSA) is 21.3 Å². The molecule has 1 atom stereocenters. The maximum absolute atomic E-state index is 13.8. The van der Waals surface area contributed by atoms with Gasteiger partial charge >= 0.3 is 0 Å². The molecule has 0 fully saturated rings. The summed E-state index contributed by atoms with van der Waals surface area (Å²) in [4.78, 5) is 0. The van der Waals surface area contributed by atoms with Gasteiger partial charge in [0.1, 0.15) is 23.2 Å². The first-order valence-corrected chi connectivity index (χ1v) is 6.34. The fourth-order valence-electron chi connectivity index (χ4n) is 2.10. The molecule has 1 unspecified atom stereocenters. The van der Waals surface area contributed by atoms with Gasteiger partial charge in [0.15, 0.2) is 0 Å². The Balaban J connectivity index is 2.37. The predicted octanol–water partition coefficient (Wildman–Crippen LogP) is 3.45. The number of benzene rings is 1. The van der Waals surface area contributed by atoms with Gasteiger partial charge in [-0.1, -0.05) is 6.92 Å². The molecule has 1 aromatic carbocycles. The summed E-state index contributed by atoms with van der Waals surface area (Å²) in [6.07, 6.45) is 3.33. The Labute approximate surface area is 110 Å². The highest BCUT2D eigenvalue weighted by molar-refractivity contribution is 5.30. The zero-order chi connectivity index (χ0) is 13.8. The summed E-state index contributed by atoms with van der Waals surface area (Å²) in [6, 6.07) is 0.673. The number of hydrogen-bond donors (Lipinski definition) is 1. The van der Waals surface area contributed by atoms with E-state index >= 15 is 0 Å². The second kappa shape index (κ2) is 6.10. The SMILES string of the molecule is CCCNC(C1=CCCO1)c1c(F)cc(F)cc1F. The molecule has 0 aliphatic carbocycles. The van der Waals surface area contributed by atoms with Gasteiger partial charge in [-0.15, -0.1) is 0 Å². The fourth-order valence-corrected chi connectivity index (χ4v) is 2.10. The van der Waals surface area contributed by atoms with Crippen LogP contribution in [0.4, 0.5) is 13.2 Å². The van der Waals surface area contributed by atoms with Crippen LogP contribution in [0.1, 0.15) is 31.4 Å². The molecule has 0 spiro atoms. The van der Waals surface area contributed by atoms with E-state index in [-0.39, 0.29) is 5.56 Å². The molecule has 1 aromatic rings. The standard InChI is InChI=1S/C14H16F3NO/c1-2-5-18-14(12-4-3-6-19-12)13-10(16)7-9(15)8-11(13)17/h4,7-8,14,18H,2-3,5-6H2,1H3. The van der Waals surface area contributed by atoms with Gasteiger partial charge in [-0.05, 0) is 19.0 Å². The second-order valence-electron chi connectivity index (χ2n) is 4.41. The summed E-state index contributed by atoms with van der Waals surface area (Å²) in [5, 5.41) is 3.03. The molecule has 104 valence electrons. The lowest BCUT2D eigenvalue weighted by atomic mass is 10.0. The van der Waals surface area contributed by atoms with E-state index in [2.05, 4.69) is 5.32 Å². The van der Waals surface area contributed by atoms with E-state index in [9.17, 15) is 13.2 Å². The molecule has 1 heterocycles. The lowest BCUT2D eigenvalue weighted by Crippen LogP contribution is -2.26. The summed E-state index contributed by atoms with van der Waals surface area (Å²) in [7, 11) is 0. The Kier molecular flexibility index (Phi) is 4.47. The largest absolute Gasteiger partial charge is 0.496 e. The van der Waals surface area contributed by atoms with Gasteiger partial charge in [0.25, 0.3) is 0 Å². The van der Waals surface area contributed by atoms with E-state index in [1.807, 2.05) is 6.92 Å². The van der Waals surface area contributed by atoms with Gasteiger partial charge in [-0.3, -0.25) is 0 Å². The Morgan fingerprint density at radius 3 is 2.47 bits per heavy atom. The Hall–Kier alpha value is -1.49. The fraction of sp³-hybridized carbons (Fsp3) is 0.429. The van der Waals surface area contributed by atoms with Gasteiger partial charge in [0, 0.05) is 24.1 Å². The van der Waals surface area contributed by atoms with Crippen molar-refractivity contribution in [3.63, 3.8) is 0 Å². The Bertz CT molecular complexity index is 465. The van der Waals surface area contributed by atoms with Gasteiger partial charge < -0.3 is 10.1 Å². The zero-order valence-electron chi connectivity index (χ0n) is 10.7. The van der Waals surface area contributed by atoms with Crippen molar-refractivity contribution in [1.82, 2.24) is 5.32 Å². The third-order valence-corrected chi connectivity index (χ3v) is 2.95. The van der Waals surface area contributed by atoms with E-state index < -0.39 is 23.5 Å². The number of ether oxygens (including phenoxy) is 1. The molecule has 0 amide bonds. The highest BCUT2D eigenvalue weighted by atomic mass is 19.1. The maximum Gasteiger partial charge on any atom is 0.134 e. The molecule has 5 heteroatoms. The van der Waals surface area contributed by atoms with Crippen molar-refractivity contribution >= 4 is 0 Å². The molecule has 1 aliphatic heterocycles. The van der Waals surface area contributed by atoms with Crippen LogP contribution < -0.4 is 5.32 Å². The second-order valence-corrected chi connectivity index (χ2v) is 4.41. The van der Waals surface area contributed by atoms with Gasteiger partial charge in [-0.25, -0.2) is 13.2 Å². The van der Waals surface area contributed by atoms with Crippen LogP contribution in [-0.4, -0.2) is 13.2 Å². The average Bonchev–Trinajstić information content (AvgIpc) is 2.85. The van der Waals surface area contributed by atoms with Crippen LogP contribution in [0.5, 0.6) is 0 Å². The van der Waals surface area contributed by atoms with Crippen molar-refractivity contribution in [3.05, 3.63) is 47.0 Å². The monoisotopic (exact) mass is 271 g/mol. The first-order valence-electron chi connectivity index (χ1n) is 6.34. The van der Waals surface area contributed by atoms with Gasteiger partial charge in [0.2, 0.25) is 0 Å². The summed E-state index contributed by atoms with van der Waals surface area (Å²) < 4.78 is 46.0. The first-order chi connectivity index (χ1) is 9.13. The lowest BCUT2D eigenvalue weighted by molar-refractivity contribution is 0.212. The molecule has 2 rings (SSSR count). The van der Waals surface area contributed by atoms with E-state index in [0.29, 0.717) is 37.5 Å². The summed E-state index contributed by atoms with van der Waals surface area (Å²) in [5.41, 5.74) is -0.192. The average molecular weight is 271 g/mol. The van der Waals surface area contributed by atoms with Crippen LogP contribution in [-0.2, 0) is 4.74 Å². The van der Waals surface area contributed by atoms with Crippen LogP contribution in [0.3, 0.4) is 0 Å². The van der Waals surface area contributed by atoms with Crippen molar-refractivity contribution < 1.29 is 17.9 Å². The molecule has 1 N–H and O–H groups in total. The minimum atomic E-state index is -0.922. The summed E-state index contributed by atoms with van der Waals surface area (Å²) >= 11 is 0. The van der Waals surface area contributed by atoms with Crippen molar-refractivity contribution in [1.29, 1.82) is 0 Å². The summed E-state index contributed by atoms with van der Waals surface area (Å²) in [6.45, 7) is 3.04. The zero-order valence-corrected chi connectivity index (χ0v) is 10.7. The van der Waals surface area contributed by atoms with Crippen molar-refractivity contribution in [2.24, 2.45) is 0 Å². The molecule has 0 saturated carbocycles. The molecule has 0 aromatic heterocycles. The number of halogens is 3. The van der Waals surface area contributed by atoms with Crippen LogP contribution in [0.25, 0.3) is 0 Å². The molecule has 0 radical (unpaired) electrons. The molecular weight excluding hydrogens is 255 g/mol. The predicted molar refractivity (Wildman–Crippen MR) is 66.0 cm³/mol. The molecule has 2 nitrogen and oxygen atoms in total. The van der Waals surface area contributed by atoms with Crippen LogP contribution >= 0.6 is 0 Å². The number of nitrogens with one attached hydrogen (secondary N) is 1. The summed E-state index contributed by atoms with van der Waals surface area (Å²) in [5.74, 6) is -2.22. The highest BCUT2D eigenvalue weighted by Crippen LogP contribution is 2.30. The molecule has 0 saturated heterocycles. The normalized spacial score (nSPS) is 16.1. The third-order valence-electron chi connectivity index (χ3n) is 2.95. The maximum atomic E-state index is 13.8. The minimum Gasteiger partial charge on any atom is -0.496 e. The van der Waals surface area contributed by atoms with Crippen LogP contribution in [0, 0.1) is 17.5 Å². The van der Waals surface area contributed by atoms with E-state index in [1.165, 1.54) is 0 Å². The smallest absolute Gasteiger partial charge is 0.134 e. The first kappa shape index (κ1) is 13.9. The van der Waals surface area contributed by atoms with Gasteiger partial charge in [0.05, 0.1) is 12.6 Å². The lowest BCUT2D eigenvalue weighted by Gasteiger charge is -2.21. The molecular formula is C14H16F3NO. The van der Waals surface area contributed by atoms with Gasteiger partial charge in [-0.2, -0.15) is 0 Å². The van der Waals surface area contributed by atoms with Crippen molar-refractivity contribution in [2.45, 2.75) is 25.8 Å². The van der Waals surface area contributed by atoms with E-state index in [4.69, 9.17) is 4.74 Å². The number of hydrogen-bond acceptors (Lipinski definition) is 2.